The second kappa shape index (κ2) is 6.89. The Morgan fingerprint density at radius 3 is 2.67 bits per heavy atom. The van der Waals surface area contributed by atoms with E-state index in [4.69, 9.17) is 22.1 Å². The number of methoxy groups -OCH3 is 1. The first-order chi connectivity index (χ1) is 10.1. The predicted octanol–water partition coefficient (Wildman–Crippen LogP) is 3.26. The van der Waals surface area contributed by atoms with E-state index in [-0.39, 0.29) is 12.4 Å². The predicted molar refractivity (Wildman–Crippen MR) is 81.2 cm³/mol. The van der Waals surface area contributed by atoms with Crippen LogP contribution in [0.2, 0.25) is 5.02 Å². The van der Waals surface area contributed by atoms with Gasteiger partial charge in [0.2, 0.25) is 0 Å². The highest BCUT2D eigenvalue weighted by Gasteiger charge is 2.25. The molecule has 2 rings (SSSR count). The van der Waals surface area contributed by atoms with Crippen LogP contribution in [0.5, 0.6) is 5.75 Å². The second-order valence-corrected chi connectivity index (χ2v) is 5.16. The summed E-state index contributed by atoms with van der Waals surface area (Å²) in [7, 11) is 1.51. The molecule has 3 nitrogen and oxygen atoms in total. The molecule has 2 atom stereocenters. The lowest BCUT2D eigenvalue weighted by Crippen LogP contribution is -2.20. The first kappa shape index (κ1) is 15.8. The van der Waals surface area contributed by atoms with Crippen LogP contribution in [-0.2, 0) is 0 Å². The van der Waals surface area contributed by atoms with Crippen LogP contribution in [0.4, 0.5) is 4.39 Å². The number of halogens is 2. The van der Waals surface area contributed by atoms with Crippen molar-refractivity contribution >= 4 is 11.6 Å². The number of rotatable bonds is 5. The molecule has 0 aliphatic heterocycles. The Balaban J connectivity index is 2.41. The molecule has 3 N–H and O–H groups in total. The molecule has 0 saturated heterocycles. The maximum atomic E-state index is 13.4. The van der Waals surface area contributed by atoms with Gasteiger partial charge >= 0.3 is 0 Å². The lowest BCUT2D eigenvalue weighted by Gasteiger charge is -2.24. The molecule has 0 heterocycles. The van der Waals surface area contributed by atoms with E-state index in [0.717, 1.165) is 0 Å². The average molecular weight is 310 g/mol. The van der Waals surface area contributed by atoms with Crippen LogP contribution >= 0.6 is 11.6 Å². The normalized spacial score (nSPS) is 13.8. The molecule has 2 aromatic rings. The summed E-state index contributed by atoms with van der Waals surface area (Å²) in [5.41, 5.74) is 6.93. The van der Waals surface area contributed by atoms with Gasteiger partial charge in [0.05, 0.1) is 13.2 Å². The van der Waals surface area contributed by atoms with Gasteiger partial charge in [0.25, 0.3) is 0 Å². The smallest absolute Gasteiger partial charge is 0.124 e. The summed E-state index contributed by atoms with van der Waals surface area (Å²) in [4.78, 5) is 0. The fourth-order valence-corrected chi connectivity index (χ4v) is 2.52. The minimum atomic E-state index is -0.939. The van der Waals surface area contributed by atoms with Gasteiger partial charge in [0.1, 0.15) is 11.6 Å². The third-order valence-electron chi connectivity index (χ3n) is 3.42. The van der Waals surface area contributed by atoms with E-state index in [0.29, 0.717) is 21.9 Å². The van der Waals surface area contributed by atoms with E-state index < -0.39 is 12.0 Å². The van der Waals surface area contributed by atoms with E-state index in [1.165, 1.54) is 19.2 Å². The highest BCUT2D eigenvalue weighted by molar-refractivity contribution is 6.30. The van der Waals surface area contributed by atoms with Gasteiger partial charge in [-0.15, -0.1) is 0 Å². The van der Waals surface area contributed by atoms with Gasteiger partial charge in [-0.05, 0) is 35.9 Å². The summed E-state index contributed by atoms with van der Waals surface area (Å²) in [6.45, 7) is 0.167. The van der Waals surface area contributed by atoms with Gasteiger partial charge < -0.3 is 15.6 Å². The molecule has 2 unspecified atom stereocenters. The van der Waals surface area contributed by atoms with Gasteiger partial charge in [0.15, 0.2) is 0 Å². The quantitative estimate of drug-likeness (QED) is 0.891. The third kappa shape index (κ3) is 3.53. The highest BCUT2D eigenvalue weighted by Crippen LogP contribution is 2.36. The molecule has 2 aromatic carbocycles. The van der Waals surface area contributed by atoms with Gasteiger partial charge in [0, 0.05) is 23.0 Å². The largest absolute Gasteiger partial charge is 0.496 e. The first-order valence-corrected chi connectivity index (χ1v) is 6.91. The molecule has 0 radical (unpaired) electrons. The lowest BCUT2D eigenvalue weighted by molar-refractivity contribution is 0.143. The van der Waals surface area contributed by atoms with Gasteiger partial charge in [-0.1, -0.05) is 23.7 Å². The van der Waals surface area contributed by atoms with Crippen LogP contribution in [0.3, 0.4) is 0 Å². The molecule has 0 spiro atoms. The van der Waals surface area contributed by atoms with E-state index in [1.54, 1.807) is 30.3 Å². The van der Waals surface area contributed by atoms with Gasteiger partial charge in [-0.3, -0.25) is 0 Å². The Hall–Kier alpha value is -1.62. The molecule has 0 bridgehead atoms. The highest BCUT2D eigenvalue weighted by atomic mass is 35.5. The zero-order valence-corrected chi connectivity index (χ0v) is 12.3. The van der Waals surface area contributed by atoms with Crippen molar-refractivity contribution in [3.63, 3.8) is 0 Å². The Bertz CT molecular complexity index is 621. The van der Waals surface area contributed by atoms with E-state index >= 15 is 0 Å². The third-order valence-corrected chi connectivity index (χ3v) is 3.66. The van der Waals surface area contributed by atoms with Crippen molar-refractivity contribution in [3.05, 3.63) is 64.4 Å². The van der Waals surface area contributed by atoms with Crippen LogP contribution in [0.25, 0.3) is 0 Å². The topological polar surface area (TPSA) is 55.5 Å². The van der Waals surface area contributed by atoms with Crippen molar-refractivity contribution in [3.8, 4) is 5.75 Å². The molecule has 0 aliphatic carbocycles. The Kier molecular flexibility index (Phi) is 5.17. The van der Waals surface area contributed by atoms with Gasteiger partial charge in [-0.25, -0.2) is 4.39 Å². The van der Waals surface area contributed by atoms with Crippen molar-refractivity contribution in [2.24, 2.45) is 5.73 Å². The summed E-state index contributed by atoms with van der Waals surface area (Å²) in [6.07, 6.45) is -0.939. The molecule has 112 valence electrons. The number of hydrogen-bond donors (Lipinski definition) is 2. The minimum absolute atomic E-state index is 0.167. The number of nitrogens with two attached hydrogens (primary N) is 1. The molecule has 0 amide bonds. The second-order valence-electron chi connectivity index (χ2n) is 4.73. The molecule has 0 saturated carbocycles. The monoisotopic (exact) mass is 309 g/mol. The van der Waals surface area contributed by atoms with Crippen molar-refractivity contribution < 1.29 is 14.2 Å². The van der Waals surface area contributed by atoms with Crippen molar-refractivity contribution in [2.75, 3.05) is 13.7 Å². The Morgan fingerprint density at radius 2 is 2.05 bits per heavy atom. The van der Waals surface area contributed by atoms with Crippen LogP contribution in [0.1, 0.15) is 23.1 Å². The number of aliphatic hydroxyl groups is 1. The molecular weight excluding hydrogens is 293 g/mol. The summed E-state index contributed by atoms with van der Waals surface area (Å²) in [5, 5.41) is 11.1. The van der Waals surface area contributed by atoms with Crippen LogP contribution in [-0.4, -0.2) is 18.8 Å². The number of ether oxygens (including phenoxy) is 1. The van der Waals surface area contributed by atoms with Crippen LogP contribution in [0, 0.1) is 5.82 Å². The fourth-order valence-electron chi connectivity index (χ4n) is 2.34. The summed E-state index contributed by atoms with van der Waals surface area (Å²) < 4.78 is 18.6. The molecular formula is C16H17ClFNO2. The Morgan fingerprint density at radius 1 is 1.29 bits per heavy atom. The standard InChI is InChI=1S/C16H17ClFNO2/c1-21-15-6-5-11(17)8-13(15)16(20)14(9-19)10-3-2-4-12(18)7-10/h2-8,14,16,20H,9,19H2,1H3. The average Bonchev–Trinajstić information content (AvgIpc) is 2.48. The molecule has 5 heteroatoms. The zero-order valence-electron chi connectivity index (χ0n) is 11.6. The first-order valence-electron chi connectivity index (χ1n) is 6.54. The molecule has 0 aliphatic rings. The molecule has 0 fully saturated rings. The summed E-state index contributed by atoms with van der Waals surface area (Å²) in [5.74, 6) is -0.300. The van der Waals surface area contributed by atoms with E-state index in [9.17, 15) is 9.50 Å². The summed E-state index contributed by atoms with van der Waals surface area (Å²) in [6, 6.07) is 11.0. The Labute approximate surface area is 128 Å². The van der Waals surface area contributed by atoms with E-state index in [2.05, 4.69) is 0 Å². The number of benzene rings is 2. The number of hydrogen-bond acceptors (Lipinski definition) is 3. The maximum absolute atomic E-state index is 13.4. The van der Waals surface area contributed by atoms with Crippen molar-refractivity contribution in [1.29, 1.82) is 0 Å². The van der Waals surface area contributed by atoms with E-state index in [1.807, 2.05) is 0 Å². The number of aliphatic hydroxyl groups excluding tert-OH is 1. The van der Waals surface area contributed by atoms with Crippen molar-refractivity contribution in [2.45, 2.75) is 12.0 Å². The summed E-state index contributed by atoms with van der Waals surface area (Å²) >= 11 is 5.98. The molecule has 0 aromatic heterocycles. The molecule has 21 heavy (non-hydrogen) atoms. The SMILES string of the molecule is COc1ccc(Cl)cc1C(O)C(CN)c1cccc(F)c1. The van der Waals surface area contributed by atoms with Gasteiger partial charge in [-0.2, -0.15) is 0 Å². The fraction of sp³-hybridized carbons (Fsp3) is 0.250. The van der Waals surface area contributed by atoms with Crippen molar-refractivity contribution in [1.82, 2.24) is 0 Å². The van der Waals surface area contributed by atoms with Crippen LogP contribution < -0.4 is 10.5 Å². The lowest BCUT2D eigenvalue weighted by atomic mass is 9.88. The minimum Gasteiger partial charge on any atom is -0.496 e. The van der Waals surface area contributed by atoms with Crippen LogP contribution in [0.15, 0.2) is 42.5 Å². The zero-order chi connectivity index (χ0) is 15.4. The maximum Gasteiger partial charge on any atom is 0.124 e.